The first kappa shape index (κ1) is 18.1. The van der Waals surface area contributed by atoms with Crippen LogP contribution < -0.4 is 10.4 Å². The first-order chi connectivity index (χ1) is 12.3. The van der Waals surface area contributed by atoms with Crippen LogP contribution in [0.25, 0.3) is 6.08 Å². The minimum Gasteiger partial charge on any atom is -0.275 e. The monoisotopic (exact) mass is 376 g/mol. The number of aryl methyl sites for hydroxylation is 1. The second-order valence-corrected chi connectivity index (χ2v) is 7.93. The Morgan fingerprint density at radius 1 is 1.35 bits per heavy atom. The molecule has 1 amide bonds. The van der Waals surface area contributed by atoms with E-state index in [1.807, 2.05) is 4.72 Å². The highest BCUT2D eigenvalue weighted by Crippen LogP contribution is 2.30. The van der Waals surface area contributed by atoms with Crippen molar-refractivity contribution < 1.29 is 13.2 Å². The van der Waals surface area contributed by atoms with Gasteiger partial charge in [0.15, 0.2) is 5.82 Å². The lowest BCUT2D eigenvalue weighted by atomic mass is 10.2. The molecular weight excluding hydrogens is 356 g/mol. The number of allylic oxidation sites excluding steroid dienone is 1. The van der Waals surface area contributed by atoms with Crippen molar-refractivity contribution in [2.75, 3.05) is 0 Å². The van der Waals surface area contributed by atoms with Crippen molar-refractivity contribution in [1.29, 1.82) is 0 Å². The first-order valence-corrected chi connectivity index (χ1v) is 9.77. The Morgan fingerprint density at radius 3 is 2.65 bits per heavy atom. The van der Waals surface area contributed by atoms with Crippen LogP contribution in [0.3, 0.4) is 0 Å². The number of sulfonamides is 1. The standard InChI is InChI=1S/C17H20N4O4S/c1-3-6-15-18-21(17(23)20(15)11-13-9-10-13)16(22)19-26(24,25)14-8-5-4-7-12(14)2/h3-8,13H,9-11H2,1-2H3,(H,19,22)/b6-3+. The van der Waals surface area contributed by atoms with Crippen molar-refractivity contribution in [3.63, 3.8) is 0 Å². The van der Waals surface area contributed by atoms with Gasteiger partial charge in [0.05, 0.1) is 4.90 Å². The van der Waals surface area contributed by atoms with E-state index in [0.717, 1.165) is 12.8 Å². The maximum absolute atomic E-state index is 12.5. The third-order valence-electron chi connectivity index (χ3n) is 4.14. The molecular formula is C17H20N4O4S. The molecule has 8 nitrogen and oxygen atoms in total. The molecule has 1 aliphatic carbocycles. The lowest BCUT2D eigenvalue weighted by molar-refractivity contribution is 0.243. The highest BCUT2D eigenvalue weighted by atomic mass is 32.2. The number of benzene rings is 1. The van der Waals surface area contributed by atoms with Gasteiger partial charge in [-0.25, -0.2) is 22.7 Å². The van der Waals surface area contributed by atoms with Crippen LogP contribution >= 0.6 is 0 Å². The fourth-order valence-corrected chi connectivity index (χ4v) is 3.79. The second kappa shape index (κ2) is 6.91. The summed E-state index contributed by atoms with van der Waals surface area (Å²) in [4.78, 5) is 24.9. The molecule has 0 saturated heterocycles. The summed E-state index contributed by atoms with van der Waals surface area (Å²) in [6.45, 7) is 3.86. The molecule has 0 aliphatic heterocycles. The lowest BCUT2D eigenvalue weighted by Gasteiger charge is -2.08. The minimum atomic E-state index is -4.11. The number of nitrogens with one attached hydrogen (secondary N) is 1. The summed E-state index contributed by atoms with van der Waals surface area (Å²) < 4.78 is 28.8. The number of rotatable bonds is 5. The highest BCUT2D eigenvalue weighted by molar-refractivity contribution is 7.90. The van der Waals surface area contributed by atoms with Crippen LogP contribution in [0, 0.1) is 12.8 Å². The summed E-state index contributed by atoms with van der Waals surface area (Å²) in [5, 5.41) is 3.98. The van der Waals surface area contributed by atoms with E-state index in [4.69, 9.17) is 0 Å². The molecule has 1 aromatic heterocycles. The molecule has 1 heterocycles. The Balaban J connectivity index is 1.93. The number of amides is 1. The van der Waals surface area contributed by atoms with Gasteiger partial charge in [-0.2, -0.15) is 0 Å². The summed E-state index contributed by atoms with van der Waals surface area (Å²) in [7, 11) is -4.11. The smallest absolute Gasteiger partial charge is 0.275 e. The summed E-state index contributed by atoms with van der Waals surface area (Å²) in [5.41, 5.74) is -0.156. The van der Waals surface area contributed by atoms with Gasteiger partial charge in [-0.1, -0.05) is 24.3 Å². The van der Waals surface area contributed by atoms with Crippen LogP contribution in [0.15, 0.2) is 40.0 Å². The van der Waals surface area contributed by atoms with Crippen LogP contribution in [0.5, 0.6) is 0 Å². The molecule has 0 unspecified atom stereocenters. The van der Waals surface area contributed by atoms with Gasteiger partial charge in [-0.05, 0) is 50.3 Å². The summed E-state index contributed by atoms with van der Waals surface area (Å²) in [6.07, 6.45) is 5.38. The van der Waals surface area contributed by atoms with E-state index in [0.29, 0.717) is 28.5 Å². The fraction of sp³-hybridized carbons (Fsp3) is 0.353. The first-order valence-electron chi connectivity index (χ1n) is 8.29. The number of hydrogen-bond acceptors (Lipinski definition) is 5. The van der Waals surface area contributed by atoms with Crippen molar-refractivity contribution >= 4 is 22.1 Å². The third kappa shape index (κ3) is 3.62. The Kier molecular flexibility index (Phi) is 4.82. The molecule has 1 fully saturated rings. The Morgan fingerprint density at radius 2 is 2.04 bits per heavy atom. The molecule has 1 N–H and O–H groups in total. The van der Waals surface area contributed by atoms with Crippen LogP contribution in [0.4, 0.5) is 4.79 Å². The van der Waals surface area contributed by atoms with Crippen molar-refractivity contribution in [3.8, 4) is 0 Å². The molecule has 0 bridgehead atoms. The predicted octanol–water partition coefficient (Wildman–Crippen LogP) is 1.74. The van der Waals surface area contributed by atoms with Crippen molar-refractivity contribution in [2.24, 2.45) is 5.92 Å². The molecule has 0 radical (unpaired) electrons. The molecule has 2 aromatic rings. The SMILES string of the molecule is C/C=C/c1nn(C(=O)NS(=O)(=O)c2ccccc2C)c(=O)n1CC1CC1. The van der Waals surface area contributed by atoms with Gasteiger partial charge < -0.3 is 0 Å². The van der Waals surface area contributed by atoms with E-state index in [-0.39, 0.29) is 4.90 Å². The number of nitrogens with zero attached hydrogens (tertiary/aromatic N) is 3. The zero-order chi connectivity index (χ0) is 18.9. The van der Waals surface area contributed by atoms with E-state index in [1.54, 1.807) is 44.2 Å². The zero-order valence-corrected chi connectivity index (χ0v) is 15.4. The zero-order valence-electron chi connectivity index (χ0n) is 14.5. The molecule has 138 valence electrons. The van der Waals surface area contributed by atoms with Crippen LogP contribution in [-0.4, -0.2) is 28.8 Å². The number of carbonyl (C=O) groups excluding carboxylic acids is 1. The maximum Gasteiger partial charge on any atom is 0.360 e. The maximum atomic E-state index is 12.5. The Labute approximate surface area is 151 Å². The molecule has 1 saturated carbocycles. The molecule has 0 spiro atoms. The average molecular weight is 376 g/mol. The van der Waals surface area contributed by atoms with Gasteiger partial charge in [0, 0.05) is 6.54 Å². The Bertz CT molecular complexity index is 1030. The summed E-state index contributed by atoms with van der Waals surface area (Å²) in [6, 6.07) is 5.18. The number of aromatic nitrogens is 3. The lowest BCUT2D eigenvalue weighted by Crippen LogP contribution is -2.41. The fourth-order valence-electron chi connectivity index (χ4n) is 2.62. The number of hydrogen-bond donors (Lipinski definition) is 1. The van der Waals surface area contributed by atoms with E-state index >= 15 is 0 Å². The molecule has 26 heavy (non-hydrogen) atoms. The van der Waals surface area contributed by atoms with Gasteiger partial charge in [-0.15, -0.1) is 9.78 Å². The van der Waals surface area contributed by atoms with Crippen LogP contribution in [0.2, 0.25) is 0 Å². The minimum absolute atomic E-state index is 0.0208. The van der Waals surface area contributed by atoms with Gasteiger partial charge >= 0.3 is 11.7 Å². The van der Waals surface area contributed by atoms with Gasteiger partial charge in [0.25, 0.3) is 10.0 Å². The van der Waals surface area contributed by atoms with E-state index in [9.17, 15) is 18.0 Å². The topological polar surface area (TPSA) is 103 Å². The predicted molar refractivity (Wildman–Crippen MR) is 96.2 cm³/mol. The van der Waals surface area contributed by atoms with E-state index in [1.165, 1.54) is 10.6 Å². The largest absolute Gasteiger partial charge is 0.360 e. The molecule has 3 rings (SSSR count). The number of carbonyl (C=O) groups is 1. The van der Waals surface area contributed by atoms with Crippen LogP contribution in [-0.2, 0) is 16.6 Å². The Hall–Kier alpha value is -2.68. The van der Waals surface area contributed by atoms with Gasteiger partial charge in [0.1, 0.15) is 0 Å². The van der Waals surface area contributed by atoms with Crippen molar-refractivity contribution in [3.05, 3.63) is 52.2 Å². The van der Waals surface area contributed by atoms with Crippen LogP contribution in [0.1, 0.15) is 31.2 Å². The van der Waals surface area contributed by atoms with Crippen molar-refractivity contribution in [2.45, 2.75) is 38.1 Å². The normalized spacial score (nSPS) is 14.7. The third-order valence-corrected chi connectivity index (χ3v) is 5.62. The quantitative estimate of drug-likeness (QED) is 0.856. The van der Waals surface area contributed by atoms with E-state index in [2.05, 4.69) is 5.10 Å². The average Bonchev–Trinajstić information content (AvgIpc) is 3.34. The van der Waals surface area contributed by atoms with E-state index < -0.39 is 21.7 Å². The van der Waals surface area contributed by atoms with Crippen molar-refractivity contribution in [1.82, 2.24) is 19.1 Å². The molecule has 1 aliphatic rings. The summed E-state index contributed by atoms with van der Waals surface area (Å²) >= 11 is 0. The van der Waals surface area contributed by atoms with Gasteiger partial charge in [-0.3, -0.25) is 4.57 Å². The molecule has 1 aromatic carbocycles. The second-order valence-electron chi connectivity index (χ2n) is 6.28. The highest BCUT2D eigenvalue weighted by Gasteiger charge is 2.27. The molecule has 0 atom stereocenters. The van der Waals surface area contributed by atoms with Gasteiger partial charge in [0.2, 0.25) is 0 Å². The summed E-state index contributed by atoms with van der Waals surface area (Å²) in [5.74, 6) is 0.723. The molecule has 9 heteroatoms.